The van der Waals surface area contributed by atoms with Crippen molar-refractivity contribution >= 4 is 27.6 Å². The van der Waals surface area contributed by atoms with Crippen LogP contribution in [-0.4, -0.2) is 55.7 Å². The van der Waals surface area contributed by atoms with Gasteiger partial charge in [-0.2, -0.15) is 10.5 Å². The monoisotopic (exact) mass is 602 g/mol. The van der Waals surface area contributed by atoms with E-state index in [2.05, 4.69) is 22.1 Å². The molecule has 1 aliphatic heterocycles. The summed E-state index contributed by atoms with van der Waals surface area (Å²) < 4.78 is 34.0. The molecule has 12 heteroatoms. The SMILES string of the molecule is CCOC(=O)N1c2ccc(C)cc2[C@@H](N(Cc2cc(C#N)cc(C#N)c2)c2ncc(OCCS(C)(=O)=O)cn2)C[C@H]1CC. The normalized spacial score (nSPS) is 16.0. The maximum atomic E-state index is 13.1. The lowest BCUT2D eigenvalue weighted by Gasteiger charge is -2.44. The molecule has 0 unspecified atom stereocenters. The summed E-state index contributed by atoms with van der Waals surface area (Å²) in [6, 6.07) is 14.7. The van der Waals surface area contributed by atoms with Gasteiger partial charge in [-0.05, 0) is 62.1 Å². The zero-order valence-electron chi connectivity index (χ0n) is 24.6. The molecule has 0 bridgehead atoms. The van der Waals surface area contributed by atoms with Crippen LogP contribution in [0.3, 0.4) is 0 Å². The fraction of sp³-hybridized carbons (Fsp3) is 0.387. The molecular formula is C31H34N6O5S. The highest BCUT2D eigenvalue weighted by atomic mass is 32.2. The maximum Gasteiger partial charge on any atom is 0.414 e. The smallest absolute Gasteiger partial charge is 0.414 e. The van der Waals surface area contributed by atoms with Crippen LogP contribution < -0.4 is 14.5 Å². The number of amides is 1. The van der Waals surface area contributed by atoms with Crippen molar-refractivity contribution in [3.8, 4) is 17.9 Å². The number of nitrogens with zero attached hydrogens (tertiary/aromatic N) is 6. The molecule has 1 aromatic heterocycles. The quantitative estimate of drug-likeness (QED) is 0.315. The van der Waals surface area contributed by atoms with Gasteiger partial charge in [0.15, 0.2) is 15.6 Å². The van der Waals surface area contributed by atoms with Crippen LogP contribution in [0.1, 0.15) is 60.5 Å². The first-order chi connectivity index (χ1) is 20.6. The van der Waals surface area contributed by atoms with E-state index in [1.807, 2.05) is 36.9 Å². The molecule has 0 N–H and O–H groups in total. The number of sulfone groups is 1. The molecule has 0 fully saturated rings. The molecule has 11 nitrogen and oxygen atoms in total. The number of aryl methyl sites for hydroxylation is 1. The number of aromatic nitrogens is 2. The first kappa shape index (κ1) is 31.3. The van der Waals surface area contributed by atoms with E-state index >= 15 is 0 Å². The van der Waals surface area contributed by atoms with Crippen LogP contribution in [0.25, 0.3) is 0 Å². The summed E-state index contributed by atoms with van der Waals surface area (Å²) >= 11 is 0. The van der Waals surface area contributed by atoms with E-state index in [4.69, 9.17) is 9.47 Å². The molecule has 2 atom stereocenters. The summed E-state index contributed by atoms with van der Waals surface area (Å²) in [5.41, 5.74) is 4.10. The Kier molecular flexibility index (Phi) is 9.84. The van der Waals surface area contributed by atoms with E-state index in [9.17, 15) is 23.7 Å². The number of hydrogen-bond acceptors (Lipinski definition) is 10. The molecule has 0 radical (unpaired) electrons. The third-order valence-electron chi connectivity index (χ3n) is 7.17. The number of carbonyl (C=O) groups excluding carboxylic acids is 1. The lowest BCUT2D eigenvalue weighted by Crippen LogP contribution is -2.48. The van der Waals surface area contributed by atoms with Gasteiger partial charge in [-0.1, -0.05) is 24.6 Å². The molecule has 224 valence electrons. The molecule has 0 spiro atoms. The van der Waals surface area contributed by atoms with Crippen LogP contribution in [0.2, 0.25) is 0 Å². The average Bonchev–Trinajstić information content (AvgIpc) is 2.98. The van der Waals surface area contributed by atoms with Gasteiger partial charge >= 0.3 is 6.09 Å². The van der Waals surface area contributed by atoms with E-state index in [1.165, 1.54) is 18.5 Å². The van der Waals surface area contributed by atoms with E-state index in [1.54, 1.807) is 24.0 Å². The molecule has 0 saturated heterocycles. The molecular weight excluding hydrogens is 568 g/mol. The van der Waals surface area contributed by atoms with Gasteiger partial charge in [0.1, 0.15) is 6.61 Å². The van der Waals surface area contributed by atoms with Gasteiger partial charge in [-0.3, -0.25) is 4.90 Å². The maximum absolute atomic E-state index is 13.1. The summed E-state index contributed by atoms with van der Waals surface area (Å²) in [5.74, 6) is 0.559. The Labute approximate surface area is 252 Å². The zero-order valence-corrected chi connectivity index (χ0v) is 25.5. The second-order valence-electron chi connectivity index (χ2n) is 10.4. The van der Waals surface area contributed by atoms with Gasteiger partial charge in [-0.15, -0.1) is 0 Å². The minimum Gasteiger partial charge on any atom is -0.489 e. The van der Waals surface area contributed by atoms with Crippen molar-refractivity contribution in [3.05, 3.63) is 76.6 Å². The minimum absolute atomic E-state index is 0.0275. The van der Waals surface area contributed by atoms with Crippen LogP contribution in [0.4, 0.5) is 16.4 Å². The van der Waals surface area contributed by atoms with Crippen molar-refractivity contribution in [3.63, 3.8) is 0 Å². The number of ether oxygens (including phenoxy) is 2. The number of hydrogen-bond donors (Lipinski definition) is 0. The highest BCUT2D eigenvalue weighted by Crippen LogP contribution is 2.43. The topological polar surface area (TPSA) is 150 Å². The van der Waals surface area contributed by atoms with Crippen LogP contribution in [0.15, 0.2) is 48.8 Å². The van der Waals surface area contributed by atoms with Gasteiger partial charge in [0, 0.05) is 18.8 Å². The number of anilines is 2. The molecule has 4 rings (SSSR count). The Hall–Kier alpha value is -4.68. The van der Waals surface area contributed by atoms with E-state index < -0.39 is 15.9 Å². The third-order valence-corrected chi connectivity index (χ3v) is 8.08. The van der Waals surface area contributed by atoms with Crippen molar-refractivity contribution in [2.45, 2.75) is 52.2 Å². The molecule has 2 aromatic carbocycles. The lowest BCUT2D eigenvalue weighted by atomic mass is 9.87. The van der Waals surface area contributed by atoms with Crippen LogP contribution in [0, 0.1) is 29.6 Å². The zero-order chi connectivity index (χ0) is 31.1. The summed E-state index contributed by atoms with van der Waals surface area (Å²) in [6.07, 6.45) is 4.94. The van der Waals surface area contributed by atoms with Crippen molar-refractivity contribution < 1.29 is 22.7 Å². The Bertz CT molecular complexity index is 1630. The Morgan fingerprint density at radius 1 is 1.09 bits per heavy atom. The van der Waals surface area contributed by atoms with Crippen molar-refractivity contribution in [2.24, 2.45) is 0 Å². The standard InChI is InChI=1S/C31H34N6O5S/c1-5-25-15-29(27-11-21(3)7-8-28(27)37(25)31(38)41-6-2)36(20-24-13-22(16-32)12-23(14-24)17-33)30-34-18-26(19-35-30)42-9-10-43(4,39)40/h7-8,11-14,18-19,25,29H,5-6,9-10,15,20H2,1-4H3/t25-,29+/m1/s1. The van der Waals surface area contributed by atoms with Gasteiger partial charge < -0.3 is 14.4 Å². The number of nitriles is 2. The van der Waals surface area contributed by atoms with Gasteiger partial charge in [0.05, 0.1) is 59.7 Å². The predicted octanol–water partition coefficient (Wildman–Crippen LogP) is 4.84. The summed E-state index contributed by atoms with van der Waals surface area (Å²) in [6.45, 7) is 6.28. The molecule has 0 saturated carbocycles. The second-order valence-corrected chi connectivity index (χ2v) is 12.7. The molecule has 0 aliphatic carbocycles. The summed E-state index contributed by atoms with van der Waals surface area (Å²) in [7, 11) is -3.19. The van der Waals surface area contributed by atoms with Gasteiger partial charge in [0.2, 0.25) is 5.95 Å². The molecule has 43 heavy (non-hydrogen) atoms. The van der Waals surface area contributed by atoms with Crippen molar-refractivity contribution in [1.29, 1.82) is 10.5 Å². The van der Waals surface area contributed by atoms with E-state index in [0.717, 1.165) is 28.6 Å². The average molecular weight is 603 g/mol. The fourth-order valence-electron chi connectivity index (χ4n) is 5.20. The molecule has 1 amide bonds. The first-order valence-corrected chi connectivity index (χ1v) is 16.0. The number of fused-ring (bicyclic) bond motifs is 1. The van der Waals surface area contributed by atoms with Crippen molar-refractivity contribution in [1.82, 2.24) is 9.97 Å². The molecule has 3 aromatic rings. The fourth-order valence-corrected chi connectivity index (χ4v) is 5.59. The van der Waals surface area contributed by atoms with Crippen LogP contribution in [0.5, 0.6) is 5.75 Å². The highest BCUT2D eigenvalue weighted by Gasteiger charge is 2.39. The molecule has 2 heterocycles. The van der Waals surface area contributed by atoms with Crippen LogP contribution in [-0.2, 0) is 21.1 Å². The number of carbonyl (C=O) groups is 1. The second kappa shape index (κ2) is 13.5. The Morgan fingerprint density at radius 2 is 1.77 bits per heavy atom. The first-order valence-electron chi connectivity index (χ1n) is 14.0. The number of rotatable bonds is 10. The summed E-state index contributed by atoms with van der Waals surface area (Å²) in [5, 5.41) is 19.2. The Morgan fingerprint density at radius 3 is 2.35 bits per heavy atom. The predicted molar refractivity (Wildman–Crippen MR) is 161 cm³/mol. The third kappa shape index (κ3) is 7.59. The Balaban J connectivity index is 1.80. The van der Waals surface area contributed by atoms with E-state index in [0.29, 0.717) is 35.7 Å². The summed E-state index contributed by atoms with van der Waals surface area (Å²) in [4.78, 5) is 26.0. The highest BCUT2D eigenvalue weighted by molar-refractivity contribution is 7.90. The lowest BCUT2D eigenvalue weighted by molar-refractivity contribution is 0.155. The van der Waals surface area contributed by atoms with Crippen LogP contribution >= 0.6 is 0 Å². The largest absolute Gasteiger partial charge is 0.489 e. The number of benzene rings is 2. The van der Waals surface area contributed by atoms with Gasteiger partial charge in [0.25, 0.3) is 0 Å². The van der Waals surface area contributed by atoms with E-state index in [-0.39, 0.29) is 37.6 Å². The molecule has 1 aliphatic rings. The van der Waals surface area contributed by atoms with Crippen molar-refractivity contribution in [2.75, 3.05) is 35.0 Å². The van der Waals surface area contributed by atoms with Gasteiger partial charge in [-0.25, -0.2) is 23.2 Å². The minimum atomic E-state index is -3.19.